The summed E-state index contributed by atoms with van der Waals surface area (Å²) in [5, 5.41) is 5.12. The van der Waals surface area contributed by atoms with Crippen molar-refractivity contribution in [2.45, 2.75) is 31.3 Å². The summed E-state index contributed by atoms with van der Waals surface area (Å²) in [4.78, 5) is 41.4. The molecule has 3 amide bonds. The van der Waals surface area contributed by atoms with E-state index in [0.717, 1.165) is 0 Å². The molecule has 1 saturated heterocycles. The largest absolute Gasteiger partial charge is 0.348 e. The van der Waals surface area contributed by atoms with Crippen molar-refractivity contribution in [3.63, 3.8) is 0 Å². The Balaban J connectivity index is 1.98. The summed E-state index contributed by atoms with van der Waals surface area (Å²) < 4.78 is 0. The van der Waals surface area contributed by atoms with Gasteiger partial charge >= 0.3 is 0 Å². The van der Waals surface area contributed by atoms with Crippen LogP contribution in [0.1, 0.15) is 18.5 Å². The molecular weight excluding hydrogens is 264 g/mol. The monoisotopic (exact) mass is 280 g/mol. The van der Waals surface area contributed by atoms with E-state index >= 15 is 0 Å². The first-order chi connectivity index (χ1) is 9.60. The third kappa shape index (κ3) is 3.32. The van der Waals surface area contributed by atoms with Gasteiger partial charge in [-0.2, -0.15) is 0 Å². The summed E-state index contributed by atoms with van der Waals surface area (Å²) in [5.41, 5.74) is 2.70. The van der Waals surface area contributed by atoms with Crippen molar-refractivity contribution < 1.29 is 14.4 Å². The van der Waals surface area contributed by atoms with Crippen LogP contribution in [0.15, 0.2) is 12.5 Å². The number of aromatic nitrogens is 2. The molecule has 108 valence electrons. The van der Waals surface area contributed by atoms with Gasteiger partial charge in [0.25, 0.3) is 5.91 Å². The number of aromatic amines is 1. The van der Waals surface area contributed by atoms with Crippen molar-refractivity contribution >= 4 is 17.7 Å². The maximum Gasteiger partial charge on any atom is 0.256 e. The summed E-state index contributed by atoms with van der Waals surface area (Å²) in [5.74, 6) is 4.02. The molecular formula is C11H16N6O3. The highest BCUT2D eigenvalue weighted by Crippen LogP contribution is 2.07. The number of nitrogens with two attached hydrogens (primary N) is 1. The number of carbonyl (C=O) groups is 3. The molecule has 1 aliphatic heterocycles. The number of rotatable bonds is 5. The van der Waals surface area contributed by atoms with Crippen LogP contribution in [0.2, 0.25) is 0 Å². The van der Waals surface area contributed by atoms with E-state index in [1.807, 2.05) is 5.43 Å². The van der Waals surface area contributed by atoms with Crippen LogP contribution in [0, 0.1) is 0 Å². The molecule has 9 nitrogen and oxygen atoms in total. The highest BCUT2D eigenvalue weighted by atomic mass is 16.2. The minimum absolute atomic E-state index is 0.168. The average Bonchev–Trinajstić information content (AvgIpc) is 3.08. The lowest BCUT2D eigenvalue weighted by Crippen LogP contribution is -2.53. The number of nitrogens with zero attached hydrogens (tertiary/aromatic N) is 1. The fourth-order valence-electron chi connectivity index (χ4n) is 2.01. The van der Waals surface area contributed by atoms with Gasteiger partial charge in [-0.05, 0) is 6.42 Å². The molecule has 1 fully saturated rings. The molecule has 0 radical (unpaired) electrons. The quantitative estimate of drug-likeness (QED) is 0.234. The van der Waals surface area contributed by atoms with E-state index in [0.29, 0.717) is 18.5 Å². The van der Waals surface area contributed by atoms with Gasteiger partial charge in [-0.3, -0.25) is 19.8 Å². The Morgan fingerprint density at radius 3 is 2.90 bits per heavy atom. The molecule has 2 atom stereocenters. The Labute approximate surface area is 114 Å². The summed E-state index contributed by atoms with van der Waals surface area (Å²) >= 11 is 0. The molecule has 1 aliphatic rings. The lowest BCUT2D eigenvalue weighted by molar-refractivity contribution is -0.130. The molecule has 1 aromatic heterocycles. The van der Waals surface area contributed by atoms with Crippen LogP contribution < -0.4 is 21.9 Å². The van der Waals surface area contributed by atoms with Crippen LogP contribution in [0.5, 0.6) is 0 Å². The van der Waals surface area contributed by atoms with Gasteiger partial charge in [-0.15, -0.1) is 0 Å². The van der Waals surface area contributed by atoms with Gasteiger partial charge in [-0.25, -0.2) is 10.8 Å². The van der Waals surface area contributed by atoms with E-state index in [-0.39, 0.29) is 12.3 Å². The van der Waals surface area contributed by atoms with Crippen LogP contribution in [0.4, 0.5) is 0 Å². The fraction of sp³-hybridized carbons (Fsp3) is 0.455. The van der Waals surface area contributed by atoms with Crippen molar-refractivity contribution in [2.24, 2.45) is 5.84 Å². The first kappa shape index (κ1) is 14.0. The van der Waals surface area contributed by atoms with E-state index in [4.69, 9.17) is 5.84 Å². The van der Waals surface area contributed by atoms with Crippen molar-refractivity contribution in [3.8, 4) is 0 Å². The zero-order valence-electron chi connectivity index (χ0n) is 10.7. The number of H-pyrrole nitrogens is 1. The van der Waals surface area contributed by atoms with Gasteiger partial charge < -0.3 is 15.6 Å². The highest BCUT2D eigenvalue weighted by molar-refractivity contribution is 5.93. The first-order valence-electron chi connectivity index (χ1n) is 6.17. The van der Waals surface area contributed by atoms with Crippen molar-refractivity contribution in [1.29, 1.82) is 0 Å². The number of hydrogen-bond acceptors (Lipinski definition) is 5. The molecule has 0 aromatic carbocycles. The Bertz CT molecular complexity index is 500. The molecule has 20 heavy (non-hydrogen) atoms. The van der Waals surface area contributed by atoms with Gasteiger partial charge in [0, 0.05) is 24.7 Å². The Hall–Kier alpha value is -2.42. The maximum absolute atomic E-state index is 12.0. The van der Waals surface area contributed by atoms with Gasteiger partial charge in [0.15, 0.2) is 0 Å². The lowest BCUT2D eigenvalue weighted by Gasteiger charge is -2.18. The van der Waals surface area contributed by atoms with E-state index < -0.39 is 23.9 Å². The summed E-state index contributed by atoms with van der Waals surface area (Å²) in [6.07, 6.45) is 4.00. The number of nitrogens with one attached hydrogen (secondary N) is 4. The predicted octanol–water partition coefficient (Wildman–Crippen LogP) is -2.29. The predicted molar refractivity (Wildman–Crippen MR) is 67.7 cm³/mol. The van der Waals surface area contributed by atoms with Gasteiger partial charge in [0.05, 0.1) is 6.33 Å². The fourth-order valence-corrected chi connectivity index (χ4v) is 2.01. The summed E-state index contributed by atoms with van der Waals surface area (Å²) in [7, 11) is 0. The molecule has 6 N–H and O–H groups in total. The van der Waals surface area contributed by atoms with Gasteiger partial charge in [-0.1, -0.05) is 0 Å². The van der Waals surface area contributed by atoms with Gasteiger partial charge in [0.1, 0.15) is 12.1 Å². The Morgan fingerprint density at radius 1 is 1.55 bits per heavy atom. The lowest BCUT2D eigenvalue weighted by atomic mass is 10.1. The van der Waals surface area contributed by atoms with E-state index in [1.165, 1.54) is 6.33 Å². The minimum Gasteiger partial charge on any atom is -0.348 e. The van der Waals surface area contributed by atoms with Crippen LogP contribution in [-0.4, -0.2) is 39.8 Å². The minimum atomic E-state index is -0.828. The van der Waals surface area contributed by atoms with Crippen molar-refractivity contribution in [3.05, 3.63) is 18.2 Å². The van der Waals surface area contributed by atoms with Crippen molar-refractivity contribution in [1.82, 2.24) is 26.0 Å². The average molecular weight is 280 g/mol. The van der Waals surface area contributed by atoms with E-state index in [1.54, 1.807) is 6.20 Å². The standard InChI is InChI=1S/C11H16N6O3/c12-17-11(20)8(3-6-4-13-5-14-6)16-10(19)7-1-2-9(18)15-7/h4-5,7-8H,1-3,12H2,(H,13,14)(H,15,18)(H,16,19)(H,17,20). The van der Waals surface area contributed by atoms with Crippen LogP contribution in [0.3, 0.4) is 0 Å². The molecule has 2 rings (SSSR count). The number of hydrazine groups is 1. The summed E-state index contributed by atoms with van der Waals surface area (Å²) in [6.45, 7) is 0. The highest BCUT2D eigenvalue weighted by Gasteiger charge is 2.30. The molecule has 2 heterocycles. The number of carbonyl (C=O) groups excluding carboxylic acids is 3. The van der Waals surface area contributed by atoms with Crippen molar-refractivity contribution in [2.75, 3.05) is 0 Å². The zero-order valence-corrected chi connectivity index (χ0v) is 10.7. The van der Waals surface area contributed by atoms with Crippen LogP contribution in [-0.2, 0) is 20.8 Å². The van der Waals surface area contributed by atoms with Crippen LogP contribution in [0.25, 0.3) is 0 Å². The second-order valence-corrected chi connectivity index (χ2v) is 4.51. The Kier molecular flexibility index (Phi) is 4.31. The second-order valence-electron chi connectivity index (χ2n) is 4.51. The maximum atomic E-state index is 12.0. The molecule has 0 aliphatic carbocycles. The van der Waals surface area contributed by atoms with Gasteiger partial charge in [0.2, 0.25) is 11.8 Å². The smallest absolute Gasteiger partial charge is 0.256 e. The van der Waals surface area contributed by atoms with E-state index in [9.17, 15) is 14.4 Å². The first-order valence-corrected chi connectivity index (χ1v) is 6.17. The topological polar surface area (TPSA) is 142 Å². The molecule has 1 aromatic rings. The third-order valence-corrected chi connectivity index (χ3v) is 3.07. The molecule has 0 bridgehead atoms. The molecule has 2 unspecified atom stereocenters. The number of hydrogen-bond donors (Lipinski definition) is 5. The number of imidazole rings is 1. The Morgan fingerprint density at radius 2 is 2.35 bits per heavy atom. The van der Waals surface area contributed by atoms with E-state index in [2.05, 4.69) is 20.6 Å². The molecule has 0 saturated carbocycles. The van der Waals surface area contributed by atoms with Crippen LogP contribution >= 0.6 is 0 Å². The molecule has 9 heteroatoms. The summed E-state index contributed by atoms with van der Waals surface area (Å²) in [6, 6.07) is -1.43. The molecule has 0 spiro atoms. The zero-order chi connectivity index (χ0) is 14.5. The second kappa shape index (κ2) is 6.15. The third-order valence-electron chi connectivity index (χ3n) is 3.07. The SMILES string of the molecule is NNC(=O)C(Cc1cnc[nH]1)NC(=O)C1CCC(=O)N1. The normalized spacial score (nSPS) is 19.2. The number of amides is 3.